The van der Waals surface area contributed by atoms with Crippen LogP contribution in [0.4, 0.5) is 0 Å². The molecule has 2 heterocycles. The third-order valence-electron chi connectivity index (χ3n) is 4.47. The molecule has 1 N–H and O–H groups in total. The fourth-order valence-corrected chi connectivity index (χ4v) is 2.92. The second kappa shape index (κ2) is 8.04. The molecule has 0 bridgehead atoms. The summed E-state index contributed by atoms with van der Waals surface area (Å²) in [7, 11) is 0. The summed E-state index contributed by atoms with van der Waals surface area (Å²) < 4.78 is 7.32. The zero-order chi connectivity index (χ0) is 19.3. The second-order valence-electron chi connectivity index (χ2n) is 6.74. The number of aryl methyl sites for hydroxylation is 1. The van der Waals surface area contributed by atoms with Crippen LogP contribution in [0.2, 0.25) is 0 Å². The Kier molecular flexibility index (Phi) is 5.14. The van der Waals surface area contributed by atoms with Crippen LogP contribution in [0.25, 0.3) is 0 Å². The highest BCUT2D eigenvalue weighted by Gasteiger charge is 2.26. The lowest BCUT2D eigenvalue weighted by molar-refractivity contribution is -0.122. The molecular weight excluding hydrogens is 354 g/mol. The van der Waals surface area contributed by atoms with E-state index in [1.54, 1.807) is 4.68 Å². The number of hydrogen-bond acceptors (Lipinski definition) is 5. The average molecular weight is 375 g/mol. The Morgan fingerprint density at radius 1 is 1.18 bits per heavy atom. The summed E-state index contributed by atoms with van der Waals surface area (Å²) in [5.74, 6) is 0.323. The summed E-state index contributed by atoms with van der Waals surface area (Å²) >= 11 is 0. The van der Waals surface area contributed by atoms with Gasteiger partial charge in [-0.05, 0) is 24.6 Å². The Morgan fingerprint density at radius 2 is 1.96 bits per heavy atom. The van der Waals surface area contributed by atoms with Gasteiger partial charge in [0.2, 0.25) is 11.8 Å². The molecule has 0 radical (unpaired) electrons. The van der Waals surface area contributed by atoms with E-state index in [1.165, 1.54) is 5.56 Å². The zero-order valence-electron chi connectivity index (χ0n) is 15.6. The number of benzene rings is 2. The number of aliphatic imine (C=N–C) groups is 1. The fraction of sp³-hybridized carbons (Fsp3) is 0.238. The summed E-state index contributed by atoms with van der Waals surface area (Å²) in [6.07, 6.45) is 1.84. The number of carbonyl (C=O) groups is 1. The van der Waals surface area contributed by atoms with Gasteiger partial charge in [-0.1, -0.05) is 53.2 Å². The number of aromatic nitrogens is 3. The molecule has 7 nitrogen and oxygen atoms in total. The van der Waals surface area contributed by atoms with E-state index in [0.29, 0.717) is 24.7 Å². The van der Waals surface area contributed by atoms with E-state index >= 15 is 0 Å². The lowest BCUT2D eigenvalue weighted by Gasteiger charge is -2.05. The molecule has 1 unspecified atom stereocenters. The van der Waals surface area contributed by atoms with E-state index in [-0.39, 0.29) is 12.5 Å². The molecule has 1 atom stereocenters. The van der Waals surface area contributed by atoms with E-state index in [4.69, 9.17) is 4.74 Å². The highest BCUT2D eigenvalue weighted by atomic mass is 16.5. The van der Waals surface area contributed by atoms with Crippen molar-refractivity contribution in [1.82, 2.24) is 20.3 Å². The van der Waals surface area contributed by atoms with E-state index in [9.17, 15) is 4.79 Å². The SMILES string of the molecule is Cc1ccc(Cn2cc(CNC(=O)C3COC(c4ccccc4)=N3)nn2)cc1. The Hall–Kier alpha value is -3.48. The van der Waals surface area contributed by atoms with E-state index in [0.717, 1.165) is 11.1 Å². The minimum atomic E-state index is -0.544. The summed E-state index contributed by atoms with van der Waals surface area (Å²) in [5, 5.41) is 11.1. The molecule has 28 heavy (non-hydrogen) atoms. The van der Waals surface area contributed by atoms with Crippen LogP contribution in [0.1, 0.15) is 22.4 Å². The smallest absolute Gasteiger partial charge is 0.248 e. The average Bonchev–Trinajstić information content (AvgIpc) is 3.38. The standard InChI is InChI=1S/C21H21N5O2/c1-15-7-9-16(10-8-15)12-26-13-18(24-25-26)11-22-20(27)19-14-28-21(23-19)17-5-3-2-4-6-17/h2-10,13,19H,11-12,14H2,1H3,(H,22,27). The van der Waals surface area contributed by atoms with Gasteiger partial charge in [0.1, 0.15) is 12.3 Å². The van der Waals surface area contributed by atoms with Gasteiger partial charge in [0.05, 0.1) is 19.3 Å². The number of carbonyl (C=O) groups excluding carboxylic acids is 1. The van der Waals surface area contributed by atoms with Crippen molar-refractivity contribution in [3.63, 3.8) is 0 Å². The van der Waals surface area contributed by atoms with Gasteiger partial charge in [-0.25, -0.2) is 9.67 Å². The molecule has 142 valence electrons. The molecule has 0 fully saturated rings. The summed E-state index contributed by atoms with van der Waals surface area (Å²) in [4.78, 5) is 16.8. The molecule has 1 amide bonds. The van der Waals surface area contributed by atoms with E-state index in [2.05, 4.69) is 51.8 Å². The van der Waals surface area contributed by atoms with Crippen molar-refractivity contribution in [1.29, 1.82) is 0 Å². The first-order valence-corrected chi connectivity index (χ1v) is 9.16. The van der Waals surface area contributed by atoms with Crippen LogP contribution in [-0.4, -0.2) is 39.4 Å². The van der Waals surface area contributed by atoms with Crippen LogP contribution >= 0.6 is 0 Å². The number of rotatable bonds is 6. The van der Waals surface area contributed by atoms with Crippen LogP contribution < -0.4 is 5.32 Å². The maximum Gasteiger partial charge on any atom is 0.248 e. The normalized spacial score (nSPS) is 15.8. The highest BCUT2D eigenvalue weighted by molar-refractivity contribution is 5.98. The van der Waals surface area contributed by atoms with Gasteiger partial charge in [-0.2, -0.15) is 0 Å². The molecule has 0 spiro atoms. The van der Waals surface area contributed by atoms with Crippen LogP contribution in [0.3, 0.4) is 0 Å². The third-order valence-corrected chi connectivity index (χ3v) is 4.47. The molecule has 1 aliphatic heterocycles. The van der Waals surface area contributed by atoms with Gasteiger partial charge in [0.15, 0.2) is 6.04 Å². The van der Waals surface area contributed by atoms with Gasteiger partial charge in [0, 0.05) is 5.56 Å². The Morgan fingerprint density at radius 3 is 2.75 bits per heavy atom. The molecule has 0 aliphatic carbocycles. The molecule has 1 aliphatic rings. The summed E-state index contributed by atoms with van der Waals surface area (Å²) in [5.41, 5.74) is 3.94. The number of nitrogens with zero attached hydrogens (tertiary/aromatic N) is 4. The predicted molar refractivity (Wildman–Crippen MR) is 105 cm³/mol. The number of nitrogens with one attached hydrogen (secondary N) is 1. The minimum absolute atomic E-state index is 0.181. The van der Waals surface area contributed by atoms with Crippen molar-refractivity contribution in [3.8, 4) is 0 Å². The van der Waals surface area contributed by atoms with Crippen molar-refractivity contribution < 1.29 is 9.53 Å². The first-order chi connectivity index (χ1) is 13.7. The highest BCUT2D eigenvalue weighted by Crippen LogP contribution is 2.12. The van der Waals surface area contributed by atoms with Gasteiger partial charge in [-0.3, -0.25) is 4.79 Å². The Labute approximate surface area is 163 Å². The molecular formula is C21H21N5O2. The lowest BCUT2D eigenvalue weighted by Crippen LogP contribution is -2.34. The quantitative estimate of drug-likeness (QED) is 0.715. The number of hydrogen-bond donors (Lipinski definition) is 1. The topological polar surface area (TPSA) is 81.4 Å². The van der Waals surface area contributed by atoms with Crippen LogP contribution in [-0.2, 0) is 22.6 Å². The molecule has 2 aromatic carbocycles. The lowest BCUT2D eigenvalue weighted by atomic mass is 10.1. The first kappa shape index (κ1) is 17.9. The number of amides is 1. The maximum absolute atomic E-state index is 12.4. The minimum Gasteiger partial charge on any atom is -0.475 e. The monoisotopic (exact) mass is 375 g/mol. The van der Waals surface area contributed by atoms with Gasteiger partial charge < -0.3 is 10.1 Å². The maximum atomic E-state index is 12.4. The van der Waals surface area contributed by atoms with Gasteiger partial charge in [-0.15, -0.1) is 5.10 Å². The van der Waals surface area contributed by atoms with E-state index < -0.39 is 6.04 Å². The van der Waals surface area contributed by atoms with Crippen molar-refractivity contribution in [2.24, 2.45) is 4.99 Å². The third kappa shape index (κ3) is 4.25. The van der Waals surface area contributed by atoms with Crippen molar-refractivity contribution in [2.45, 2.75) is 26.1 Å². The van der Waals surface area contributed by atoms with E-state index in [1.807, 2.05) is 36.5 Å². The van der Waals surface area contributed by atoms with Crippen molar-refractivity contribution in [2.75, 3.05) is 6.61 Å². The molecule has 0 saturated carbocycles. The molecule has 1 aromatic heterocycles. The zero-order valence-corrected chi connectivity index (χ0v) is 15.6. The molecule has 4 rings (SSSR count). The Bertz CT molecular complexity index is 980. The predicted octanol–water partition coefficient (Wildman–Crippen LogP) is 2.10. The van der Waals surface area contributed by atoms with Crippen molar-refractivity contribution >= 4 is 11.8 Å². The van der Waals surface area contributed by atoms with Gasteiger partial charge in [0.25, 0.3) is 0 Å². The van der Waals surface area contributed by atoms with Crippen molar-refractivity contribution in [3.05, 3.63) is 83.2 Å². The fourth-order valence-electron chi connectivity index (χ4n) is 2.92. The Balaban J connectivity index is 1.31. The number of ether oxygens (including phenoxy) is 1. The largest absolute Gasteiger partial charge is 0.475 e. The van der Waals surface area contributed by atoms with Crippen LogP contribution in [0, 0.1) is 6.92 Å². The molecule has 3 aromatic rings. The van der Waals surface area contributed by atoms with Crippen LogP contribution in [0.5, 0.6) is 0 Å². The summed E-state index contributed by atoms with van der Waals surface area (Å²) in [6.45, 7) is 3.25. The molecule has 0 saturated heterocycles. The van der Waals surface area contributed by atoms with Gasteiger partial charge >= 0.3 is 0 Å². The molecule has 7 heteroatoms. The summed E-state index contributed by atoms with van der Waals surface area (Å²) in [6, 6.07) is 17.3. The second-order valence-corrected chi connectivity index (χ2v) is 6.74. The first-order valence-electron chi connectivity index (χ1n) is 9.16. The van der Waals surface area contributed by atoms with Crippen LogP contribution in [0.15, 0.2) is 65.8 Å².